The zero-order chi connectivity index (χ0) is 23.4. The lowest BCUT2D eigenvalue weighted by molar-refractivity contribution is -0.121. The number of hydrogen-bond donors (Lipinski definition) is 4. The highest BCUT2D eigenvalue weighted by Crippen LogP contribution is 2.33. The summed E-state index contributed by atoms with van der Waals surface area (Å²) in [6.07, 6.45) is 3.77. The largest absolute Gasteiger partial charge is 0.395 e. The van der Waals surface area contributed by atoms with Gasteiger partial charge in [0.05, 0.1) is 12.2 Å². The molecule has 3 rings (SSSR count). The minimum absolute atomic E-state index is 0.0148. The molecule has 0 spiro atoms. The summed E-state index contributed by atoms with van der Waals surface area (Å²) in [6, 6.07) is 6.30. The average molecular weight is 432 g/mol. The van der Waals surface area contributed by atoms with Crippen LogP contribution in [0.25, 0.3) is 11.6 Å². The van der Waals surface area contributed by atoms with Gasteiger partial charge in [0, 0.05) is 42.0 Å². The third-order valence-corrected chi connectivity index (χ3v) is 4.16. The number of aromatic amines is 1. The molecule has 0 atom stereocenters. The fourth-order valence-corrected chi connectivity index (χ4v) is 2.67. The number of carbonyl (C=O) groups is 3. The van der Waals surface area contributed by atoms with E-state index in [0.717, 1.165) is 23.2 Å². The van der Waals surface area contributed by atoms with E-state index in [2.05, 4.69) is 15.6 Å². The lowest BCUT2D eigenvalue weighted by atomic mass is 10.1. The Morgan fingerprint density at radius 1 is 1.23 bits per heavy atom. The fraction of sp³-hybridized carbons (Fsp3) is 0.348. The molecule has 0 saturated carbocycles. The van der Waals surface area contributed by atoms with Crippen molar-refractivity contribution in [2.75, 3.05) is 18.5 Å². The number of aldehydes is 1. The number of amides is 2. The van der Waals surface area contributed by atoms with Gasteiger partial charge in [-0.25, -0.2) is 4.39 Å². The number of aliphatic hydroxyl groups excluding tert-OH is 1. The number of aromatic nitrogens is 1. The number of aliphatic hydroxyl groups is 1. The van der Waals surface area contributed by atoms with Crippen LogP contribution in [-0.4, -0.2) is 41.3 Å². The van der Waals surface area contributed by atoms with Gasteiger partial charge in [-0.15, -0.1) is 0 Å². The molecule has 8 heteroatoms. The number of aryl methyl sites for hydroxylation is 2. The maximum absolute atomic E-state index is 13.3. The van der Waals surface area contributed by atoms with Crippen LogP contribution in [0.2, 0.25) is 0 Å². The molecular weight excluding hydrogens is 401 g/mol. The van der Waals surface area contributed by atoms with Crippen LogP contribution >= 0.6 is 0 Å². The quantitative estimate of drug-likeness (QED) is 0.430. The first kappa shape index (κ1) is 25.8. The minimum atomic E-state index is -0.347. The Labute approximate surface area is 181 Å². The van der Waals surface area contributed by atoms with Crippen molar-refractivity contribution in [3.8, 4) is 0 Å². The van der Waals surface area contributed by atoms with E-state index in [9.17, 15) is 18.8 Å². The molecule has 1 aromatic carbocycles. The van der Waals surface area contributed by atoms with Gasteiger partial charge >= 0.3 is 0 Å². The van der Waals surface area contributed by atoms with E-state index in [-0.39, 0.29) is 24.2 Å². The number of hydrogen-bond acceptors (Lipinski definition) is 4. The number of nitrogens with one attached hydrogen (secondary N) is 3. The van der Waals surface area contributed by atoms with Crippen molar-refractivity contribution < 1.29 is 23.9 Å². The van der Waals surface area contributed by atoms with E-state index in [1.165, 1.54) is 12.1 Å². The highest BCUT2D eigenvalue weighted by atomic mass is 19.1. The van der Waals surface area contributed by atoms with Crippen molar-refractivity contribution in [1.82, 2.24) is 10.3 Å². The summed E-state index contributed by atoms with van der Waals surface area (Å²) in [4.78, 5) is 34.7. The number of rotatable bonds is 5. The molecule has 31 heavy (non-hydrogen) atoms. The summed E-state index contributed by atoms with van der Waals surface area (Å²) in [5, 5.41) is 13.4. The average Bonchev–Trinajstić information content (AvgIpc) is 3.24. The Bertz CT molecular complexity index is 935. The Morgan fingerprint density at radius 2 is 1.90 bits per heavy atom. The van der Waals surface area contributed by atoms with Crippen molar-refractivity contribution in [1.29, 1.82) is 0 Å². The topological polar surface area (TPSA) is 111 Å². The van der Waals surface area contributed by atoms with E-state index in [4.69, 9.17) is 5.11 Å². The first-order valence-corrected chi connectivity index (χ1v) is 10.1. The molecule has 168 valence electrons. The van der Waals surface area contributed by atoms with Crippen molar-refractivity contribution in [2.45, 2.75) is 40.5 Å². The first-order chi connectivity index (χ1) is 14.8. The van der Waals surface area contributed by atoms with E-state index >= 15 is 0 Å². The van der Waals surface area contributed by atoms with Gasteiger partial charge in [0.25, 0.3) is 5.91 Å². The Kier molecular flexibility index (Phi) is 10.9. The van der Waals surface area contributed by atoms with Gasteiger partial charge in [0.2, 0.25) is 5.91 Å². The number of benzene rings is 1. The number of halogens is 1. The predicted octanol–water partition coefficient (Wildman–Crippen LogP) is 3.36. The van der Waals surface area contributed by atoms with Crippen molar-refractivity contribution in [2.24, 2.45) is 0 Å². The maximum atomic E-state index is 13.3. The Hall–Kier alpha value is -3.26. The lowest BCUT2D eigenvalue weighted by Gasteiger charge is -1.98. The number of carbonyl (C=O) groups excluding carboxylic acids is 3. The SMILES string of the molecule is CCC(=O)NCCO.CCC=O.Cc1cc(C)c(/C=C2\C(=O)Nc3ccc(F)cc32)[nH]1. The fourth-order valence-electron chi connectivity index (χ4n) is 2.67. The molecule has 0 fully saturated rings. The number of H-pyrrole nitrogens is 1. The third kappa shape index (κ3) is 8.18. The molecule has 0 unspecified atom stereocenters. The first-order valence-electron chi connectivity index (χ1n) is 10.1. The van der Waals surface area contributed by atoms with Gasteiger partial charge in [0.15, 0.2) is 0 Å². The van der Waals surface area contributed by atoms with Crippen LogP contribution < -0.4 is 10.6 Å². The molecule has 0 bridgehead atoms. The summed E-state index contributed by atoms with van der Waals surface area (Å²) in [5.41, 5.74) is 4.71. The van der Waals surface area contributed by atoms with Crippen molar-refractivity contribution in [3.63, 3.8) is 0 Å². The van der Waals surface area contributed by atoms with Gasteiger partial charge in [-0.1, -0.05) is 13.8 Å². The van der Waals surface area contributed by atoms with Crippen LogP contribution in [0, 0.1) is 19.7 Å². The molecule has 0 aliphatic carbocycles. The molecule has 4 N–H and O–H groups in total. The predicted molar refractivity (Wildman–Crippen MR) is 120 cm³/mol. The minimum Gasteiger partial charge on any atom is -0.395 e. The third-order valence-electron chi connectivity index (χ3n) is 4.16. The van der Waals surface area contributed by atoms with Crippen molar-refractivity contribution in [3.05, 3.63) is 52.6 Å². The molecule has 1 aliphatic heterocycles. The van der Waals surface area contributed by atoms with Crippen LogP contribution in [0.1, 0.15) is 49.2 Å². The molecule has 1 aromatic heterocycles. The highest BCUT2D eigenvalue weighted by molar-refractivity contribution is 6.34. The lowest BCUT2D eigenvalue weighted by Crippen LogP contribution is -2.25. The van der Waals surface area contributed by atoms with E-state index in [1.54, 1.807) is 19.1 Å². The Balaban J connectivity index is 0.000000336. The van der Waals surface area contributed by atoms with E-state index in [0.29, 0.717) is 36.2 Å². The highest BCUT2D eigenvalue weighted by Gasteiger charge is 2.24. The molecule has 1 aliphatic rings. The number of fused-ring (bicyclic) bond motifs is 1. The molecule has 2 heterocycles. The zero-order valence-corrected chi connectivity index (χ0v) is 18.3. The smallest absolute Gasteiger partial charge is 0.256 e. The number of anilines is 1. The van der Waals surface area contributed by atoms with Gasteiger partial charge in [-0.2, -0.15) is 0 Å². The van der Waals surface area contributed by atoms with Gasteiger partial charge < -0.3 is 25.5 Å². The van der Waals surface area contributed by atoms with Crippen molar-refractivity contribution >= 4 is 35.4 Å². The summed E-state index contributed by atoms with van der Waals surface area (Å²) < 4.78 is 13.3. The second-order valence-electron chi connectivity index (χ2n) is 6.75. The molecular formula is C23H30FN3O4. The van der Waals surface area contributed by atoms with E-state index in [1.807, 2.05) is 26.8 Å². The molecule has 0 radical (unpaired) electrons. The second kappa shape index (κ2) is 13.1. The maximum Gasteiger partial charge on any atom is 0.256 e. The van der Waals surface area contributed by atoms with Gasteiger partial charge in [0.1, 0.15) is 12.1 Å². The molecule has 7 nitrogen and oxygen atoms in total. The normalized spacial score (nSPS) is 12.7. The summed E-state index contributed by atoms with van der Waals surface area (Å²) >= 11 is 0. The molecule has 2 amide bonds. The second-order valence-corrected chi connectivity index (χ2v) is 6.75. The van der Waals surface area contributed by atoms with Gasteiger partial charge in [-0.3, -0.25) is 9.59 Å². The summed E-state index contributed by atoms with van der Waals surface area (Å²) in [5.74, 6) is -0.563. The van der Waals surface area contributed by atoms with Crippen LogP contribution in [0.3, 0.4) is 0 Å². The van der Waals surface area contributed by atoms with Crippen LogP contribution in [0.4, 0.5) is 10.1 Å². The standard InChI is InChI=1S/C15H13FN2O.C5H11NO2.C3H6O/c1-8-5-9(2)17-14(8)7-12-11-6-10(16)3-4-13(11)18-15(12)19;1-2-5(8)6-3-4-7;1-2-3-4/h3-7,17H,1-2H3,(H,18,19);7H,2-4H2,1H3,(H,6,8);3H,2H2,1H3/b12-7-;;. The van der Waals surface area contributed by atoms with Crippen LogP contribution in [-0.2, 0) is 14.4 Å². The monoisotopic (exact) mass is 431 g/mol. The van der Waals surface area contributed by atoms with E-state index < -0.39 is 0 Å². The van der Waals surface area contributed by atoms with Gasteiger partial charge in [-0.05, 0) is 49.8 Å². The Morgan fingerprint density at radius 3 is 2.42 bits per heavy atom. The van der Waals surface area contributed by atoms with Crippen LogP contribution in [0.15, 0.2) is 24.3 Å². The molecule has 2 aromatic rings. The zero-order valence-electron chi connectivity index (χ0n) is 18.3. The molecule has 0 saturated heterocycles. The summed E-state index contributed by atoms with van der Waals surface area (Å²) in [6.45, 7) is 7.89. The summed E-state index contributed by atoms with van der Waals surface area (Å²) in [7, 11) is 0. The van der Waals surface area contributed by atoms with Crippen LogP contribution in [0.5, 0.6) is 0 Å².